The molecule has 1 unspecified atom stereocenters. The van der Waals surface area contributed by atoms with Gasteiger partial charge >= 0.3 is 0 Å². The number of rotatable bonds is 7. The summed E-state index contributed by atoms with van der Waals surface area (Å²) in [5.74, 6) is 0.164. The number of para-hydroxylation sites is 2. The van der Waals surface area contributed by atoms with Crippen LogP contribution in [0.1, 0.15) is 24.4 Å². The molecule has 7 nitrogen and oxygen atoms in total. The summed E-state index contributed by atoms with van der Waals surface area (Å²) in [7, 11) is -2.02. The van der Waals surface area contributed by atoms with E-state index in [2.05, 4.69) is 10.0 Å². The maximum absolute atomic E-state index is 13.1. The van der Waals surface area contributed by atoms with E-state index in [4.69, 9.17) is 16.6 Å². The number of amides is 1. The van der Waals surface area contributed by atoms with Gasteiger partial charge in [0.05, 0.1) is 22.0 Å². The summed E-state index contributed by atoms with van der Waals surface area (Å²) in [4.78, 5) is 17.9. The molecule has 0 saturated heterocycles. The number of fused-ring (bicyclic) bond motifs is 1. The van der Waals surface area contributed by atoms with Crippen LogP contribution in [-0.2, 0) is 21.9 Å². The first-order valence-electron chi connectivity index (χ1n) is 10.3. The van der Waals surface area contributed by atoms with Gasteiger partial charge in [0.25, 0.3) is 0 Å². The first kappa shape index (κ1) is 23.0. The number of hydrogen-bond acceptors (Lipinski definition) is 4. The van der Waals surface area contributed by atoms with Crippen LogP contribution >= 0.6 is 11.6 Å². The van der Waals surface area contributed by atoms with Crippen molar-refractivity contribution in [2.75, 3.05) is 0 Å². The predicted octanol–water partition coefficient (Wildman–Crippen LogP) is 3.80. The van der Waals surface area contributed by atoms with E-state index >= 15 is 0 Å². The van der Waals surface area contributed by atoms with E-state index in [1.165, 1.54) is 31.2 Å². The second kappa shape index (κ2) is 9.35. The molecule has 0 spiro atoms. The number of aryl methyl sites for hydroxylation is 1. The Hall–Kier alpha value is -3.20. The SMILES string of the molecule is C[C@H](NS(=O)(=O)c1ccc(Cl)cc1)C(=O)NC(c1ccccc1)c1nc2ccccc2n1C. The molecular formula is C24H23ClN4O3S. The summed E-state index contributed by atoms with van der Waals surface area (Å²) in [6.45, 7) is 1.50. The van der Waals surface area contributed by atoms with Crippen molar-refractivity contribution in [1.82, 2.24) is 19.6 Å². The van der Waals surface area contributed by atoms with E-state index in [0.717, 1.165) is 16.6 Å². The van der Waals surface area contributed by atoms with Crippen LogP contribution in [0.15, 0.2) is 83.8 Å². The van der Waals surface area contributed by atoms with Crippen LogP contribution in [0.25, 0.3) is 11.0 Å². The molecule has 33 heavy (non-hydrogen) atoms. The molecule has 0 bridgehead atoms. The van der Waals surface area contributed by atoms with Crippen molar-refractivity contribution < 1.29 is 13.2 Å². The van der Waals surface area contributed by atoms with Crippen LogP contribution in [0.4, 0.5) is 0 Å². The zero-order valence-corrected chi connectivity index (χ0v) is 19.6. The van der Waals surface area contributed by atoms with Crippen molar-refractivity contribution in [1.29, 1.82) is 0 Å². The summed E-state index contributed by atoms with van der Waals surface area (Å²) >= 11 is 5.85. The average molecular weight is 483 g/mol. The van der Waals surface area contributed by atoms with Crippen LogP contribution in [0.2, 0.25) is 5.02 Å². The number of benzene rings is 3. The molecule has 0 fully saturated rings. The van der Waals surface area contributed by atoms with E-state index in [1.54, 1.807) is 0 Å². The molecule has 1 aromatic heterocycles. The number of carbonyl (C=O) groups is 1. The lowest BCUT2D eigenvalue weighted by atomic mass is 10.1. The molecule has 9 heteroatoms. The highest BCUT2D eigenvalue weighted by Gasteiger charge is 2.27. The third kappa shape index (κ3) is 4.93. The number of sulfonamides is 1. The number of nitrogens with one attached hydrogen (secondary N) is 2. The van der Waals surface area contributed by atoms with Crippen LogP contribution in [0, 0.1) is 0 Å². The highest BCUT2D eigenvalue weighted by atomic mass is 35.5. The Kier molecular flexibility index (Phi) is 6.51. The standard InChI is InChI=1S/C24H23ClN4O3S/c1-16(28-33(31,32)19-14-12-18(25)13-15-19)24(30)27-22(17-8-4-3-5-9-17)23-26-20-10-6-7-11-21(20)29(23)2/h3-16,22,28H,1-2H3,(H,27,30)/t16-,22?/m0/s1. The molecule has 0 saturated carbocycles. The molecule has 4 rings (SSSR count). The summed E-state index contributed by atoms with van der Waals surface area (Å²) in [5.41, 5.74) is 2.57. The normalized spacial score (nSPS) is 13.5. The molecule has 0 aliphatic heterocycles. The molecule has 0 radical (unpaired) electrons. The number of hydrogen-bond donors (Lipinski definition) is 2. The third-order valence-corrected chi connectivity index (χ3v) is 7.16. The summed E-state index contributed by atoms with van der Waals surface area (Å²) in [5, 5.41) is 3.39. The van der Waals surface area contributed by atoms with Gasteiger partial charge in [0.15, 0.2) is 0 Å². The molecule has 2 N–H and O–H groups in total. The highest BCUT2D eigenvalue weighted by Crippen LogP contribution is 2.25. The third-order valence-electron chi connectivity index (χ3n) is 5.35. The Morgan fingerprint density at radius 2 is 1.61 bits per heavy atom. The molecule has 1 heterocycles. The second-order valence-corrected chi connectivity index (χ2v) is 9.82. The Morgan fingerprint density at radius 1 is 0.970 bits per heavy atom. The number of aromatic nitrogens is 2. The minimum Gasteiger partial charge on any atom is -0.341 e. The van der Waals surface area contributed by atoms with Crippen LogP contribution in [0.5, 0.6) is 0 Å². The van der Waals surface area contributed by atoms with Gasteiger partial charge < -0.3 is 9.88 Å². The molecule has 3 aromatic carbocycles. The number of carbonyl (C=O) groups excluding carboxylic acids is 1. The molecule has 2 atom stereocenters. The molecule has 0 aliphatic rings. The summed E-state index contributed by atoms with van der Waals surface area (Å²) in [6.07, 6.45) is 0. The smallest absolute Gasteiger partial charge is 0.241 e. The maximum Gasteiger partial charge on any atom is 0.241 e. The second-order valence-electron chi connectivity index (χ2n) is 7.67. The lowest BCUT2D eigenvalue weighted by molar-refractivity contribution is -0.122. The first-order chi connectivity index (χ1) is 15.8. The Labute approximate surface area is 197 Å². The predicted molar refractivity (Wildman–Crippen MR) is 128 cm³/mol. The van der Waals surface area contributed by atoms with Crippen LogP contribution in [0.3, 0.4) is 0 Å². The Bertz CT molecular complexity index is 1390. The quantitative estimate of drug-likeness (QED) is 0.419. The monoisotopic (exact) mass is 482 g/mol. The van der Waals surface area contributed by atoms with Crippen LogP contribution < -0.4 is 10.0 Å². The van der Waals surface area contributed by atoms with E-state index in [0.29, 0.717) is 10.8 Å². The van der Waals surface area contributed by atoms with E-state index in [-0.39, 0.29) is 4.90 Å². The van der Waals surface area contributed by atoms with E-state index < -0.39 is 28.0 Å². The zero-order valence-electron chi connectivity index (χ0n) is 18.1. The molecule has 0 aliphatic carbocycles. The van der Waals surface area contributed by atoms with Crippen molar-refractivity contribution in [3.63, 3.8) is 0 Å². The number of imidazole rings is 1. The van der Waals surface area contributed by atoms with Crippen molar-refractivity contribution in [2.45, 2.75) is 23.9 Å². The van der Waals surface area contributed by atoms with Gasteiger partial charge in [-0.05, 0) is 48.9 Å². The fourth-order valence-corrected chi connectivity index (χ4v) is 4.93. The fraction of sp³-hybridized carbons (Fsp3) is 0.167. The highest BCUT2D eigenvalue weighted by molar-refractivity contribution is 7.89. The number of nitrogens with zero attached hydrogens (tertiary/aromatic N) is 2. The molecule has 170 valence electrons. The largest absolute Gasteiger partial charge is 0.341 e. The Morgan fingerprint density at radius 3 is 2.27 bits per heavy atom. The van der Waals surface area contributed by atoms with Crippen LogP contribution in [-0.4, -0.2) is 29.9 Å². The van der Waals surface area contributed by atoms with Gasteiger partial charge in [-0.25, -0.2) is 13.4 Å². The van der Waals surface area contributed by atoms with E-state index in [9.17, 15) is 13.2 Å². The molecule has 1 amide bonds. The van der Waals surface area contributed by atoms with Gasteiger partial charge in [-0.15, -0.1) is 0 Å². The first-order valence-corrected chi connectivity index (χ1v) is 12.2. The van der Waals surface area contributed by atoms with Gasteiger partial charge in [-0.3, -0.25) is 4.79 Å². The minimum absolute atomic E-state index is 0.0292. The van der Waals surface area contributed by atoms with E-state index in [1.807, 2.05) is 66.2 Å². The number of halogens is 1. The van der Waals surface area contributed by atoms with Crippen molar-refractivity contribution >= 4 is 38.6 Å². The van der Waals surface area contributed by atoms with Crippen molar-refractivity contribution in [3.05, 3.63) is 95.3 Å². The van der Waals surface area contributed by atoms with Gasteiger partial charge in [0.1, 0.15) is 11.9 Å². The van der Waals surface area contributed by atoms with Gasteiger partial charge in [-0.2, -0.15) is 4.72 Å². The summed E-state index contributed by atoms with van der Waals surface area (Å²) < 4.78 is 29.8. The van der Waals surface area contributed by atoms with Crippen molar-refractivity contribution in [3.8, 4) is 0 Å². The topological polar surface area (TPSA) is 93.1 Å². The lowest BCUT2D eigenvalue weighted by Gasteiger charge is -2.22. The Balaban J connectivity index is 1.61. The van der Waals surface area contributed by atoms with Gasteiger partial charge in [0.2, 0.25) is 15.9 Å². The maximum atomic E-state index is 13.1. The van der Waals surface area contributed by atoms with Gasteiger partial charge in [0, 0.05) is 12.1 Å². The van der Waals surface area contributed by atoms with Crippen molar-refractivity contribution in [2.24, 2.45) is 7.05 Å². The lowest BCUT2D eigenvalue weighted by Crippen LogP contribution is -2.46. The summed E-state index contributed by atoms with van der Waals surface area (Å²) in [6, 6.07) is 21.3. The molecular weight excluding hydrogens is 460 g/mol. The zero-order chi connectivity index (χ0) is 23.6. The average Bonchev–Trinajstić information content (AvgIpc) is 3.14. The minimum atomic E-state index is -3.91. The van der Waals surface area contributed by atoms with Gasteiger partial charge in [-0.1, -0.05) is 54.1 Å². The molecule has 4 aromatic rings. The fourth-order valence-electron chi connectivity index (χ4n) is 3.60.